The van der Waals surface area contributed by atoms with E-state index < -0.39 is 0 Å². The van der Waals surface area contributed by atoms with Crippen LogP contribution < -0.4 is 5.32 Å². The first-order valence-corrected chi connectivity index (χ1v) is 6.11. The van der Waals surface area contributed by atoms with Crippen LogP contribution in [0.2, 0.25) is 0 Å². The maximum absolute atomic E-state index is 11.9. The maximum Gasteiger partial charge on any atom is 0.227 e. The van der Waals surface area contributed by atoms with Gasteiger partial charge in [-0.05, 0) is 37.0 Å². The average Bonchev–Trinajstić information content (AvgIpc) is 2.26. The van der Waals surface area contributed by atoms with Gasteiger partial charge < -0.3 is 5.32 Å². The Morgan fingerprint density at radius 1 is 1.44 bits per heavy atom. The van der Waals surface area contributed by atoms with E-state index in [1.807, 2.05) is 0 Å². The number of nitrogens with one attached hydrogen (secondary N) is 1. The van der Waals surface area contributed by atoms with Crippen LogP contribution >= 0.6 is 0 Å². The molecule has 0 bridgehead atoms. The van der Waals surface area contributed by atoms with Crippen LogP contribution in [0.5, 0.6) is 0 Å². The molecule has 0 aromatic heterocycles. The fraction of sp³-hybridized carbons (Fsp3) is 0.500. The van der Waals surface area contributed by atoms with Gasteiger partial charge in [0, 0.05) is 11.6 Å². The first kappa shape index (κ1) is 11.2. The summed E-state index contributed by atoms with van der Waals surface area (Å²) >= 11 is 0. The number of hydrogen-bond acceptors (Lipinski definition) is 1. The van der Waals surface area contributed by atoms with Gasteiger partial charge in [-0.15, -0.1) is 0 Å². The molecule has 1 atom stereocenters. The van der Waals surface area contributed by atoms with E-state index in [2.05, 4.69) is 37.4 Å². The molecule has 1 amide bonds. The van der Waals surface area contributed by atoms with Crippen molar-refractivity contribution in [2.45, 2.75) is 39.5 Å². The summed E-state index contributed by atoms with van der Waals surface area (Å²) in [5, 5.41) is 3.02. The fourth-order valence-corrected chi connectivity index (χ4v) is 2.26. The van der Waals surface area contributed by atoms with Crippen LogP contribution in [0.1, 0.15) is 37.3 Å². The minimum absolute atomic E-state index is 0.176. The summed E-state index contributed by atoms with van der Waals surface area (Å²) in [4.78, 5) is 11.9. The van der Waals surface area contributed by atoms with Crippen LogP contribution in [0.15, 0.2) is 18.2 Å². The standard InChI is InChI=1S/C14H19NO/c1-3-4-5-12-9-11-7-6-10(2)8-13(11)15-14(12)16/h6-8,12H,3-5,9H2,1-2H3,(H,15,16). The number of benzene rings is 1. The minimum atomic E-state index is 0.176. The lowest BCUT2D eigenvalue weighted by Crippen LogP contribution is -2.29. The third kappa shape index (κ3) is 2.26. The van der Waals surface area contributed by atoms with E-state index in [1.54, 1.807) is 0 Å². The lowest BCUT2D eigenvalue weighted by Gasteiger charge is -2.24. The van der Waals surface area contributed by atoms with Crippen molar-refractivity contribution < 1.29 is 4.79 Å². The Balaban J connectivity index is 2.15. The number of amides is 1. The van der Waals surface area contributed by atoms with Crippen molar-refractivity contribution in [1.29, 1.82) is 0 Å². The van der Waals surface area contributed by atoms with Crippen molar-refractivity contribution >= 4 is 11.6 Å². The Morgan fingerprint density at radius 3 is 3.00 bits per heavy atom. The Bertz CT molecular complexity index is 398. The molecule has 0 saturated heterocycles. The molecule has 0 spiro atoms. The Morgan fingerprint density at radius 2 is 2.25 bits per heavy atom. The molecule has 0 saturated carbocycles. The van der Waals surface area contributed by atoms with Crippen molar-refractivity contribution in [3.8, 4) is 0 Å². The van der Waals surface area contributed by atoms with E-state index >= 15 is 0 Å². The highest BCUT2D eigenvalue weighted by atomic mass is 16.1. The van der Waals surface area contributed by atoms with Gasteiger partial charge in [0.1, 0.15) is 0 Å². The van der Waals surface area contributed by atoms with Crippen LogP contribution in [-0.4, -0.2) is 5.91 Å². The van der Waals surface area contributed by atoms with Crippen molar-refractivity contribution in [3.05, 3.63) is 29.3 Å². The molecule has 2 nitrogen and oxygen atoms in total. The zero-order chi connectivity index (χ0) is 11.5. The normalized spacial score (nSPS) is 19.1. The lowest BCUT2D eigenvalue weighted by molar-refractivity contribution is -0.120. The molecule has 2 heteroatoms. The monoisotopic (exact) mass is 217 g/mol. The summed E-state index contributed by atoms with van der Waals surface area (Å²) in [6.07, 6.45) is 4.21. The van der Waals surface area contributed by atoms with Gasteiger partial charge in [-0.3, -0.25) is 4.79 Å². The summed E-state index contributed by atoms with van der Waals surface area (Å²) in [7, 11) is 0. The van der Waals surface area contributed by atoms with Gasteiger partial charge in [0.05, 0.1) is 0 Å². The number of anilines is 1. The number of fused-ring (bicyclic) bond motifs is 1. The van der Waals surface area contributed by atoms with Gasteiger partial charge in [-0.2, -0.15) is 0 Å². The first-order valence-electron chi connectivity index (χ1n) is 6.11. The van der Waals surface area contributed by atoms with E-state index in [9.17, 15) is 4.79 Å². The second-order valence-corrected chi connectivity index (χ2v) is 4.69. The van der Waals surface area contributed by atoms with Crippen LogP contribution in [-0.2, 0) is 11.2 Å². The molecule has 1 aromatic rings. The molecule has 0 radical (unpaired) electrons. The summed E-state index contributed by atoms with van der Waals surface area (Å²) in [5.74, 6) is 0.377. The van der Waals surface area contributed by atoms with Crippen molar-refractivity contribution in [2.75, 3.05) is 5.32 Å². The van der Waals surface area contributed by atoms with Crippen molar-refractivity contribution in [3.63, 3.8) is 0 Å². The van der Waals surface area contributed by atoms with Gasteiger partial charge in [-0.25, -0.2) is 0 Å². The Kier molecular flexibility index (Phi) is 3.28. The van der Waals surface area contributed by atoms with E-state index in [0.717, 1.165) is 31.4 Å². The second-order valence-electron chi connectivity index (χ2n) is 4.69. The van der Waals surface area contributed by atoms with Crippen molar-refractivity contribution in [2.24, 2.45) is 5.92 Å². The van der Waals surface area contributed by atoms with E-state index in [1.165, 1.54) is 11.1 Å². The molecule has 86 valence electrons. The zero-order valence-electron chi connectivity index (χ0n) is 10.0. The number of carbonyl (C=O) groups is 1. The first-order chi connectivity index (χ1) is 7.70. The molecule has 16 heavy (non-hydrogen) atoms. The lowest BCUT2D eigenvalue weighted by atomic mass is 9.89. The number of hydrogen-bond donors (Lipinski definition) is 1. The second kappa shape index (κ2) is 4.69. The highest BCUT2D eigenvalue weighted by molar-refractivity contribution is 5.95. The molecule has 0 fully saturated rings. The summed E-state index contributed by atoms with van der Waals surface area (Å²) in [6, 6.07) is 6.32. The molecule has 2 rings (SSSR count). The molecular weight excluding hydrogens is 198 g/mol. The highest BCUT2D eigenvalue weighted by Gasteiger charge is 2.25. The summed E-state index contributed by atoms with van der Waals surface area (Å²) in [6.45, 7) is 4.22. The number of rotatable bonds is 3. The molecule has 1 aromatic carbocycles. The largest absolute Gasteiger partial charge is 0.326 e. The van der Waals surface area contributed by atoms with Crippen LogP contribution in [0.3, 0.4) is 0 Å². The van der Waals surface area contributed by atoms with E-state index in [0.29, 0.717) is 0 Å². The summed E-state index contributed by atoms with van der Waals surface area (Å²) in [5.41, 5.74) is 3.50. The average molecular weight is 217 g/mol. The van der Waals surface area contributed by atoms with Crippen LogP contribution in [0.4, 0.5) is 5.69 Å². The SMILES string of the molecule is CCCCC1Cc2ccc(C)cc2NC1=O. The Labute approximate surface area is 97.1 Å². The summed E-state index contributed by atoms with van der Waals surface area (Å²) < 4.78 is 0. The molecular formula is C14H19NO. The number of unbranched alkanes of at least 4 members (excludes halogenated alkanes) is 1. The Hall–Kier alpha value is -1.31. The van der Waals surface area contributed by atoms with Crippen LogP contribution in [0.25, 0.3) is 0 Å². The predicted molar refractivity (Wildman–Crippen MR) is 66.5 cm³/mol. The van der Waals surface area contributed by atoms with Gasteiger partial charge in [0.25, 0.3) is 0 Å². The molecule has 1 N–H and O–H groups in total. The van der Waals surface area contributed by atoms with E-state index in [4.69, 9.17) is 0 Å². The maximum atomic E-state index is 11.9. The number of carbonyl (C=O) groups excluding carboxylic acids is 1. The van der Waals surface area contributed by atoms with Crippen LogP contribution in [0, 0.1) is 12.8 Å². The predicted octanol–water partition coefficient (Wildman–Crippen LogP) is 3.30. The molecule has 1 aliphatic rings. The van der Waals surface area contributed by atoms with E-state index in [-0.39, 0.29) is 11.8 Å². The molecule has 0 aliphatic carbocycles. The molecule has 1 unspecified atom stereocenters. The van der Waals surface area contributed by atoms with Gasteiger partial charge in [0.2, 0.25) is 5.91 Å². The minimum Gasteiger partial charge on any atom is -0.326 e. The van der Waals surface area contributed by atoms with Gasteiger partial charge in [-0.1, -0.05) is 31.9 Å². The fourth-order valence-electron chi connectivity index (χ4n) is 2.26. The molecule has 1 heterocycles. The zero-order valence-corrected chi connectivity index (χ0v) is 10.0. The number of aryl methyl sites for hydroxylation is 1. The third-order valence-corrected chi connectivity index (χ3v) is 3.27. The smallest absolute Gasteiger partial charge is 0.227 e. The van der Waals surface area contributed by atoms with Gasteiger partial charge in [0.15, 0.2) is 0 Å². The topological polar surface area (TPSA) is 29.1 Å². The molecule has 1 aliphatic heterocycles. The third-order valence-electron chi connectivity index (χ3n) is 3.27. The van der Waals surface area contributed by atoms with Crippen molar-refractivity contribution in [1.82, 2.24) is 0 Å². The quantitative estimate of drug-likeness (QED) is 0.827. The van der Waals surface area contributed by atoms with Gasteiger partial charge >= 0.3 is 0 Å². The highest BCUT2D eigenvalue weighted by Crippen LogP contribution is 2.28.